The molecule has 0 spiro atoms. The van der Waals surface area contributed by atoms with Crippen molar-refractivity contribution >= 4 is 40.0 Å². The van der Waals surface area contributed by atoms with Crippen LogP contribution in [0.15, 0.2) is 0 Å². The first-order valence-electron chi connectivity index (χ1n) is 6.66. The third kappa shape index (κ3) is 4.28. The highest BCUT2D eigenvalue weighted by Gasteiger charge is 2.24. The first kappa shape index (κ1) is 17.1. The molecule has 0 radical (unpaired) electrons. The molecule has 1 atom stereocenters. The normalized spacial score (nSPS) is 12.5. The number of nitrogens with zero attached hydrogens (tertiary/aromatic N) is 2. The van der Waals surface area contributed by atoms with Gasteiger partial charge >= 0.3 is 0 Å². The van der Waals surface area contributed by atoms with Crippen molar-refractivity contribution in [2.45, 2.75) is 39.3 Å². The number of nitrogen functional groups attached to an aromatic ring is 1. The van der Waals surface area contributed by atoms with E-state index < -0.39 is 0 Å². The van der Waals surface area contributed by atoms with E-state index in [4.69, 9.17) is 5.73 Å². The smallest absolute Gasteiger partial charge is 0.258 e. The molecule has 1 heterocycles. The number of hydrogen-bond acceptors (Lipinski definition) is 6. The highest BCUT2D eigenvalue weighted by atomic mass is 32.2. The number of nitrogens with two attached hydrogens (primary N) is 1. The molecule has 1 unspecified atom stereocenters. The van der Waals surface area contributed by atoms with Gasteiger partial charge in [0.2, 0.25) is 0 Å². The van der Waals surface area contributed by atoms with Crippen LogP contribution in [0.2, 0.25) is 0 Å². The molecule has 114 valence electrons. The Hall–Kier alpha value is -0.950. The van der Waals surface area contributed by atoms with Gasteiger partial charge in [0.05, 0.1) is 0 Å². The molecular formula is C13H24N4OS2. The van der Waals surface area contributed by atoms with Crippen molar-refractivity contribution in [2.75, 3.05) is 29.7 Å². The molecule has 1 aromatic rings. The summed E-state index contributed by atoms with van der Waals surface area (Å²) < 4.78 is 4.14. The number of nitrogens with one attached hydrogen (secondary N) is 1. The maximum absolute atomic E-state index is 12.2. The summed E-state index contributed by atoms with van der Waals surface area (Å²) in [5, 5.41) is 3.72. The number of anilines is 2. The molecule has 0 aliphatic carbocycles. The molecule has 7 heteroatoms. The lowest BCUT2D eigenvalue weighted by molar-refractivity contribution is 0.0944. The van der Waals surface area contributed by atoms with Crippen LogP contribution >= 0.6 is 23.3 Å². The summed E-state index contributed by atoms with van der Waals surface area (Å²) in [6, 6.07) is 0.418. The van der Waals surface area contributed by atoms with E-state index in [0.717, 1.165) is 17.2 Å². The van der Waals surface area contributed by atoms with Crippen LogP contribution in [0.5, 0.6) is 0 Å². The Morgan fingerprint density at radius 2 is 2.15 bits per heavy atom. The number of rotatable bonds is 7. The molecule has 0 saturated carbocycles. The van der Waals surface area contributed by atoms with Crippen molar-refractivity contribution in [3.63, 3.8) is 0 Å². The number of amides is 1. The summed E-state index contributed by atoms with van der Waals surface area (Å²) in [4.78, 5) is 14.3. The lowest BCUT2D eigenvalue weighted by Crippen LogP contribution is -2.34. The maximum Gasteiger partial charge on any atom is 0.258 e. The maximum atomic E-state index is 12.2. The standard InChI is InChI=1S/C13H24N4OS2/c1-8(2)15-12(18)10-11(14)16-20-13(10)17(4)9(3)6-7-19-5/h8-9H,6-7H2,1-5H3,(H2,14,16)(H,15,18). The van der Waals surface area contributed by atoms with Gasteiger partial charge in [0.1, 0.15) is 10.6 Å². The number of thioether (sulfide) groups is 1. The van der Waals surface area contributed by atoms with Crippen LogP contribution < -0.4 is 16.0 Å². The van der Waals surface area contributed by atoms with Crippen molar-refractivity contribution < 1.29 is 4.79 Å². The number of aromatic nitrogens is 1. The lowest BCUT2D eigenvalue weighted by atomic mass is 10.2. The highest BCUT2D eigenvalue weighted by Crippen LogP contribution is 2.31. The van der Waals surface area contributed by atoms with Gasteiger partial charge in [-0.3, -0.25) is 4.79 Å². The van der Waals surface area contributed by atoms with E-state index in [2.05, 4.69) is 27.8 Å². The van der Waals surface area contributed by atoms with Gasteiger partial charge in [-0.2, -0.15) is 16.1 Å². The van der Waals surface area contributed by atoms with E-state index in [1.54, 1.807) is 0 Å². The predicted molar refractivity (Wildman–Crippen MR) is 90.0 cm³/mol. The summed E-state index contributed by atoms with van der Waals surface area (Å²) in [5.74, 6) is 1.25. The molecule has 0 fully saturated rings. The lowest BCUT2D eigenvalue weighted by Gasteiger charge is -2.26. The summed E-state index contributed by atoms with van der Waals surface area (Å²) in [6.45, 7) is 6.01. The Kier molecular flexibility index (Phi) is 6.61. The molecule has 0 aromatic carbocycles. The Balaban J connectivity index is 2.93. The third-order valence-corrected chi connectivity index (χ3v) is 4.67. The summed E-state index contributed by atoms with van der Waals surface area (Å²) in [6.07, 6.45) is 3.15. The third-order valence-electron chi connectivity index (χ3n) is 3.07. The predicted octanol–water partition coefficient (Wildman–Crippen LogP) is 2.44. The topological polar surface area (TPSA) is 71.2 Å². The number of carbonyl (C=O) groups is 1. The summed E-state index contributed by atoms with van der Waals surface area (Å²) in [7, 11) is 1.99. The van der Waals surface area contributed by atoms with E-state index in [0.29, 0.717) is 17.4 Å². The first-order valence-corrected chi connectivity index (χ1v) is 8.83. The van der Waals surface area contributed by atoms with E-state index >= 15 is 0 Å². The first-order chi connectivity index (χ1) is 9.38. The Morgan fingerprint density at radius 3 is 2.70 bits per heavy atom. The van der Waals surface area contributed by atoms with Gasteiger partial charge in [-0.05, 0) is 50.7 Å². The molecule has 0 bridgehead atoms. The minimum atomic E-state index is -0.148. The van der Waals surface area contributed by atoms with Crippen molar-refractivity contribution in [1.29, 1.82) is 0 Å². The molecule has 1 aromatic heterocycles. The van der Waals surface area contributed by atoms with Gasteiger partial charge in [-0.25, -0.2) is 0 Å². The SMILES string of the molecule is CSCCC(C)N(C)c1snc(N)c1C(=O)NC(C)C. The molecular weight excluding hydrogens is 292 g/mol. The second-order valence-corrected chi connectivity index (χ2v) is 6.85. The van der Waals surface area contributed by atoms with Gasteiger partial charge in [-0.15, -0.1) is 0 Å². The average molecular weight is 316 g/mol. The fraction of sp³-hybridized carbons (Fsp3) is 0.692. The molecule has 5 nitrogen and oxygen atoms in total. The van der Waals surface area contributed by atoms with E-state index in [1.807, 2.05) is 32.7 Å². The molecule has 3 N–H and O–H groups in total. The average Bonchev–Trinajstić information content (AvgIpc) is 2.76. The van der Waals surface area contributed by atoms with Crippen LogP contribution in [0.3, 0.4) is 0 Å². The van der Waals surface area contributed by atoms with Crippen LogP contribution in [0, 0.1) is 0 Å². The largest absolute Gasteiger partial charge is 0.382 e. The van der Waals surface area contributed by atoms with Gasteiger partial charge in [0.15, 0.2) is 5.82 Å². The van der Waals surface area contributed by atoms with Crippen molar-refractivity contribution in [2.24, 2.45) is 0 Å². The van der Waals surface area contributed by atoms with Gasteiger partial charge < -0.3 is 16.0 Å². The molecule has 1 amide bonds. The van der Waals surface area contributed by atoms with Crippen LogP contribution in [0.1, 0.15) is 37.6 Å². The zero-order valence-electron chi connectivity index (χ0n) is 12.8. The molecule has 0 aliphatic heterocycles. The fourth-order valence-corrected chi connectivity index (χ4v) is 3.21. The summed E-state index contributed by atoms with van der Waals surface area (Å²) >= 11 is 3.11. The highest BCUT2D eigenvalue weighted by molar-refractivity contribution is 7.98. The van der Waals surface area contributed by atoms with E-state index in [-0.39, 0.29) is 11.9 Å². The van der Waals surface area contributed by atoms with Crippen LogP contribution in [-0.4, -0.2) is 41.4 Å². The van der Waals surface area contributed by atoms with Crippen molar-refractivity contribution in [3.05, 3.63) is 5.56 Å². The van der Waals surface area contributed by atoms with Gasteiger partial charge in [-0.1, -0.05) is 0 Å². The quantitative estimate of drug-likeness (QED) is 0.808. The van der Waals surface area contributed by atoms with E-state index in [9.17, 15) is 4.79 Å². The monoisotopic (exact) mass is 316 g/mol. The molecule has 0 saturated heterocycles. The minimum absolute atomic E-state index is 0.0777. The van der Waals surface area contributed by atoms with Gasteiger partial charge in [0.25, 0.3) is 5.91 Å². The number of hydrogen-bond donors (Lipinski definition) is 2. The second kappa shape index (κ2) is 7.73. The van der Waals surface area contributed by atoms with Crippen molar-refractivity contribution in [1.82, 2.24) is 9.69 Å². The van der Waals surface area contributed by atoms with Gasteiger partial charge in [0, 0.05) is 19.1 Å². The molecule has 20 heavy (non-hydrogen) atoms. The Morgan fingerprint density at radius 1 is 1.50 bits per heavy atom. The fourth-order valence-electron chi connectivity index (χ4n) is 1.76. The van der Waals surface area contributed by atoms with Crippen molar-refractivity contribution in [3.8, 4) is 0 Å². The number of carbonyl (C=O) groups excluding carboxylic acids is 1. The van der Waals surface area contributed by atoms with Crippen LogP contribution in [-0.2, 0) is 0 Å². The molecule has 0 aliphatic rings. The van der Waals surface area contributed by atoms with E-state index in [1.165, 1.54) is 11.5 Å². The second-order valence-electron chi connectivity index (χ2n) is 5.12. The zero-order chi connectivity index (χ0) is 15.3. The summed E-state index contributed by atoms with van der Waals surface area (Å²) in [5.41, 5.74) is 6.37. The minimum Gasteiger partial charge on any atom is -0.382 e. The Labute approximate surface area is 129 Å². The zero-order valence-corrected chi connectivity index (χ0v) is 14.4. The van der Waals surface area contributed by atoms with Crippen LogP contribution in [0.4, 0.5) is 10.8 Å². The molecule has 1 rings (SSSR count). The van der Waals surface area contributed by atoms with Crippen LogP contribution in [0.25, 0.3) is 0 Å². The Bertz CT molecular complexity index is 448.